The Balaban J connectivity index is 2.21. The van der Waals surface area contributed by atoms with Crippen molar-refractivity contribution in [2.45, 2.75) is 32.5 Å². The number of anilines is 1. The summed E-state index contributed by atoms with van der Waals surface area (Å²) in [5, 5.41) is 2.24. The summed E-state index contributed by atoms with van der Waals surface area (Å²) in [6.45, 7) is 5.01. The van der Waals surface area contributed by atoms with E-state index >= 15 is 0 Å². The standard InChI is InChI=1S/C17H16F4N2O3/c1-16(2,3)26-15(25)23-7-6-11(9-23)22-14(24)12-5-4-10(18)8-13(12)17(19,20)21/h4-9H,1-3H3,(H,22,24). The number of carbonyl (C=O) groups excluding carboxylic acids is 2. The van der Waals surface area contributed by atoms with Gasteiger partial charge >= 0.3 is 12.3 Å². The minimum atomic E-state index is -4.89. The summed E-state index contributed by atoms with van der Waals surface area (Å²) in [7, 11) is 0. The molecule has 9 heteroatoms. The number of benzene rings is 1. The number of rotatable bonds is 2. The van der Waals surface area contributed by atoms with Gasteiger partial charge in [0.05, 0.1) is 16.8 Å². The van der Waals surface area contributed by atoms with Crippen LogP contribution in [0.4, 0.5) is 28.0 Å². The Kier molecular flexibility index (Phi) is 5.11. The van der Waals surface area contributed by atoms with Crippen molar-refractivity contribution in [1.82, 2.24) is 4.57 Å². The van der Waals surface area contributed by atoms with Crippen molar-refractivity contribution in [3.63, 3.8) is 0 Å². The Hall–Kier alpha value is -2.84. The number of hydrogen-bond acceptors (Lipinski definition) is 3. The van der Waals surface area contributed by atoms with Gasteiger partial charge in [-0.15, -0.1) is 0 Å². The normalized spacial score (nSPS) is 12.0. The van der Waals surface area contributed by atoms with E-state index < -0.39 is 40.7 Å². The SMILES string of the molecule is CC(C)(C)OC(=O)n1ccc(NC(=O)c2ccc(F)cc2C(F)(F)F)c1. The van der Waals surface area contributed by atoms with Crippen molar-refractivity contribution in [2.75, 3.05) is 5.32 Å². The maximum atomic E-state index is 13.1. The van der Waals surface area contributed by atoms with Gasteiger partial charge in [0.2, 0.25) is 0 Å². The number of halogens is 4. The molecule has 1 amide bonds. The molecule has 0 saturated carbocycles. The summed E-state index contributed by atoms with van der Waals surface area (Å²) in [6.07, 6.45) is -3.12. The van der Waals surface area contributed by atoms with Crippen LogP contribution in [0.15, 0.2) is 36.7 Å². The Morgan fingerprint density at radius 3 is 2.35 bits per heavy atom. The summed E-state index contributed by atoms with van der Waals surface area (Å²) in [5.74, 6) is -2.19. The molecule has 2 rings (SSSR count). The largest absolute Gasteiger partial charge is 0.443 e. The lowest BCUT2D eigenvalue weighted by Crippen LogP contribution is -2.26. The molecule has 1 aromatic heterocycles. The molecule has 26 heavy (non-hydrogen) atoms. The van der Waals surface area contributed by atoms with E-state index in [0.29, 0.717) is 0 Å². The fraction of sp³-hybridized carbons (Fsp3) is 0.294. The van der Waals surface area contributed by atoms with E-state index in [-0.39, 0.29) is 11.8 Å². The zero-order valence-electron chi connectivity index (χ0n) is 14.1. The van der Waals surface area contributed by atoms with Crippen molar-refractivity contribution in [3.05, 3.63) is 53.6 Å². The van der Waals surface area contributed by atoms with Crippen LogP contribution in [0.25, 0.3) is 0 Å². The molecule has 1 N–H and O–H groups in total. The number of aromatic nitrogens is 1. The first-order chi connectivity index (χ1) is 11.9. The first kappa shape index (κ1) is 19.5. The van der Waals surface area contributed by atoms with E-state index in [1.807, 2.05) is 0 Å². The molecule has 0 bridgehead atoms. The van der Waals surface area contributed by atoms with E-state index in [4.69, 9.17) is 4.74 Å². The van der Waals surface area contributed by atoms with E-state index in [1.165, 1.54) is 18.5 Å². The highest BCUT2D eigenvalue weighted by atomic mass is 19.4. The van der Waals surface area contributed by atoms with Crippen LogP contribution < -0.4 is 5.32 Å². The highest BCUT2D eigenvalue weighted by Gasteiger charge is 2.35. The lowest BCUT2D eigenvalue weighted by Gasteiger charge is -2.19. The van der Waals surface area contributed by atoms with Gasteiger partial charge in [0.1, 0.15) is 11.4 Å². The molecule has 140 valence electrons. The van der Waals surface area contributed by atoms with Gasteiger partial charge in [-0.25, -0.2) is 9.18 Å². The minimum absolute atomic E-state index is 0.0818. The maximum Gasteiger partial charge on any atom is 0.418 e. The van der Waals surface area contributed by atoms with Crippen LogP contribution in [0.2, 0.25) is 0 Å². The average Bonchev–Trinajstić information content (AvgIpc) is 2.93. The molecule has 0 aliphatic heterocycles. The highest BCUT2D eigenvalue weighted by molar-refractivity contribution is 6.05. The third kappa shape index (κ3) is 4.84. The van der Waals surface area contributed by atoms with Crippen LogP contribution in [0.3, 0.4) is 0 Å². The average molecular weight is 372 g/mol. The molecule has 0 atom stereocenters. The van der Waals surface area contributed by atoms with Gasteiger partial charge in [0, 0.05) is 12.4 Å². The number of hydrogen-bond donors (Lipinski definition) is 1. The van der Waals surface area contributed by atoms with Gasteiger partial charge < -0.3 is 10.1 Å². The molecule has 0 aliphatic rings. The zero-order valence-corrected chi connectivity index (χ0v) is 14.1. The van der Waals surface area contributed by atoms with Crippen LogP contribution in [-0.2, 0) is 10.9 Å². The Labute approximate surface area is 146 Å². The third-order valence-electron chi connectivity index (χ3n) is 3.09. The zero-order chi connectivity index (χ0) is 19.7. The fourth-order valence-corrected chi connectivity index (χ4v) is 2.05. The topological polar surface area (TPSA) is 60.3 Å². The van der Waals surface area contributed by atoms with E-state index in [2.05, 4.69) is 5.32 Å². The molecule has 0 fully saturated rings. The van der Waals surface area contributed by atoms with Gasteiger partial charge in [0.25, 0.3) is 5.91 Å². The molecular formula is C17H16F4N2O3. The van der Waals surface area contributed by atoms with Crippen molar-refractivity contribution < 1.29 is 31.9 Å². The molecule has 1 heterocycles. The van der Waals surface area contributed by atoms with E-state index in [1.54, 1.807) is 20.8 Å². The number of alkyl halides is 3. The fourth-order valence-electron chi connectivity index (χ4n) is 2.05. The summed E-state index contributed by atoms with van der Waals surface area (Å²) in [5.41, 5.74) is -2.77. The number of ether oxygens (including phenoxy) is 1. The summed E-state index contributed by atoms with van der Waals surface area (Å²) in [4.78, 5) is 24.0. The lowest BCUT2D eigenvalue weighted by atomic mass is 10.1. The van der Waals surface area contributed by atoms with Gasteiger partial charge in [-0.2, -0.15) is 13.2 Å². The monoisotopic (exact) mass is 372 g/mol. The Morgan fingerprint density at radius 1 is 1.12 bits per heavy atom. The van der Waals surface area contributed by atoms with Gasteiger partial charge in [-0.05, 0) is 45.0 Å². The number of nitrogens with one attached hydrogen (secondary N) is 1. The van der Waals surface area contributed by atoms with Crippen molar-refractivity contribution in [1.29, 1.82) is 0 Å². The number of amides is 1. The highest BCUT2D eigenvalue weighted by Crippen LogP contribution is 2.33. The van der Waals surface area contributed by atoms with Crippen LogP contribution in [0.1, 0.15) is 36.7 Å². The lowest BCUT2D eigenvalue weighted by molar-refractivity contribution is -0.138. The quantitative estimate of drug-likeness (QED) is 0.779. The molecular weight excluding hydrogens is 356 g/mol. The molecule has 0 saturated heterocycles. The number of nitrogens with zero attached hydrogens (tertiary/aromatic N) is 1. The van der Waals surface area contributed by atoms with E-state index in [0.717, 1.165) is 16.7 Å². The number of carbonyl (C=O) groups is 2. The Morgan fingerprint density at radius 2 is 1.77 bits per heavy atom. The smallest absolute Gasteiger partial charge is 0.418 e. The van der Waals surface area contributed by atoms with Gasteiger partial charge in [-0.1, -0.05) is 0 Å². The second-order valence-corrected chi connectivity index (χ2v) is 6.43. The molecule has 0 unspecified atom stereocenters. The van der Waals surface area contributed by atoms with Crippen LogP contribution >= 0.6 is 0 Å². The van der Waals surface area contributed by atoms with E-state index in [9.17, 15) is 27.2 Å². The van der Waals surface area contributed by atoms with Crippen molar-refractivity contribution in [3.8, 4) is 0 Å². The third-order valence-corrected chi connectivity index (χ3v) is 3.09. The van der Waals surface area contributed by atoms with Crippen LogP contribution in [-0.4, -0.2) is 22.2 Å². The first-order valence-electron chi connectivity index (χ1n) is 7.46. The second kappa shape index (κ2) is 6.81. The van der Waals surface area contributed by atoms with Crippen molar-refractivity contribution >= 4 is 17.7 Å². The van der Waals surface area contributed by atoms with Crippen molar-refractivity contribution in [2.24, 2.45) is 0 Å². The molecule has 1 aromatic carbocycles. The van der Waals surface area contributed by atoms with Gasteiger partial charge in [0.15, 0.2) is 0 Å². The summed E-state index contributed by atoms with van der Waals surface area (Å²) in [6, 6.07) is 3.08. The summed E-state index contributed by atoms with van der Waals surface area (Å²) >= 11 is 0. The molecule has 5 nitrogen and oxygen atoms in total. The van der Waals surface area contributed by atoms with Gasteiger partial charge in [-0.3, -0.25) is 9.36 Å². The molecule has 0 aliphatic carbocycles. The second-order valence-electron chi connectivity index (χ2n) is 6.43. The minimum Gasteiger partial charge on any atom is -0.443 e. The predicted octanol–water partition coefficient (Wildman–Crippen LogP) is 4.68. The maximum absolute atomic E-state index is 13.1. The Bertz CT molecular complexity index is 835. The molecule has 0 spiro atoms. The predicted molar refractivity (Wildman–Crippen MR) is 85.4 cm³/mol. The molecule has 0 radical (unpaired) electrons. The summed E-state index contributed by atoms with van der Waals surface area (Å²) < 4.78 is 58.2. The van der Waals surface area contributed by atoms with Crippen LogP contribution in [0.5, 0.6) is 0 Å². The first-order valence-corrected chi connectivity index (χ1v) is 7.46. The molecule has 2 aromatic rings. The van der Waals surface area contributed by atoms with Crippen LogP contribution in [0, 0.1) is 5.82 Å².